The van der Waals surface area contributed by atoms with Gasteiger partial charge in [0.05, 0.1) is 24.3 Å². The number of esters is 1. The summed E-state index contributed by atoms with van der Waals surface area (Å²) < 4.78 is 11.4. The molecule has 1 aliphatic heterocycles. The lowest BCUT2D eigenvalue weighted by Crippen LogP contribution is -2.41. The molecule has 110 valence electrons. The van der Waals surface area contributed by atoms with Crippen molar-refractivity contribution in [2.45, 2.75) is 38.0 Å². The molecule has 20 heavy (non-hydrogen) atoms. The summed E-state index contributed by atoms with van der Waals surface area (Å²) in [6, 6.07) is 4.90. The lowest BCUT2D eigenvalue weighted by Gasteiger charge is -2.23. The molecule has 6 heteroatoms. The van der Waals surface area contributed by atoms with Gasteiger partial charge in [-0.1, -0.05) is 11.6 Å². The highest BCUT2D eigenvalue weighted by Gasteiger charge is 2.35. The average molecular weight is 363 g/mol. The minimum atomic E-state index is -0.516. The molecular weight excluding hydrogens is 346 g/mol. The van der Waals surface area contributed by atoms with Crippen molar-refractivity contribution < 1.29 is 14.3 Å². The summed E-state index contributed by atoms with van der Waals surface area (Å²) in [5.41, 5.74) is 0.792. The lowest BCUT2D eigenvalue weighted by molar-refractivity contribution is -0.144. The normalized spacial score (nSPS) is 23.4. The molecule has 0 saturated carbocycles. The van der Waals surface area contributed by atoms with Gasteiger partial charge in [-0.05, 0) is 53.9 Å². The smallest absolute Gasteiger partial charge is 0.331 e. The number of halogens is 2. The Morgan fingerprint density at radius 2 is 2.30 bits per heavy atom. The van der Waals surface area contributed by atoms with Crippen molar-refractivity contribution in [2.75, 3.05) is 12.4 Å². The monoisotopic (exact) mass is 361 g/mol. The maximum Gasteiger partial charge on any atom is 0.331 e. The van der Waals surface area contributed by atoms with E-state index in [0.717, 1.165) is 23.0 Å². The number of rotatable bonds is 4. The first kappa shape index (κ1) is 15.6. The lowest BCUT2D eigenvalue weighted by atomic mass is 10.1. The van der Waals surface area contributed by atoms with E-state index in [1.54, 1.807) is 6.07 Å². The fourth-order valence-electron chi connectivity index (χ4n) is 2.27. The summed E-state index contributed by atoms with van der Waals surface area (Å²) >= 11 is 9.33. The van der Waals surface area contributed by atoms with E-state index in [1.165, 1.54) is 7.11 Å². The van der Waals surface area contributed by atoms with E-state index >= 15 is 0 Å². The van der Waals surface area contributed by atoms with E-state index in [2.05, 4.69) is 21.2 Å². The molecule has 1 aromatic rings. The summed E-state index contributed by atoms with van der Waals surface area (Å²) in [4.78, 5) is 12.0. The van der Waals surface area contributed by atoms with E-state index in [0.29, 0.717) is 5.02 Å². The maximum absolute atomic E-state index is 12.0. The number of benzene rings is 1. The number of carbonyl (C=O) groups excluding carboxylic acids is 1. The van der Waals surface area contributed by atoms with Crippen molar-refractivity contribution in [1.29, 1.82) is 0 Å². The molecule has 0 aromatic heterocycles. The van der Waals surface area contributed by atoms with Gasteiger partial charge in [-0.2, -0.15) is 0 Å². The third-order valence-corrected chi connectivity index (χ3v) is 4.55. The van der Waals surface area contributed by atoms with Crippen LogP contribution in [0.25, 0.3) is 0 Å². The van der Waals surface area contributed by atoms with Gasteiger partial charge in [-0.15, -0.1) is 0 Å². The molecule has 0 amide bonds. The zero-order chi connectivity index (χ0) is 14.7. The molecule has 0 spiro atoms. The van der Waals surface area contributed by atoms with Gasteiger partial charge in [0.1, 0.15) is 0 Å². The highest BCUT2D eigenvalue weighted by Crippen LogP contribution is 2.28. The predicted molar refractivity (Wildman–Crippen MR) is 82.1 cm³/mol. The van der Waals surface area contributed by atoms with Crippen molar-refractivity contribution in [2.24, 2.45) is 0 Å². The Labute approximate surface area is 131 Å². The molecule has 3 atom stereocenters. The van der Waals surface area contributed by atoms with E-state index < -0.39 is 6.04 Å². The van der Waals surface area contributed by atoms with Crippen LogP contribution in [-0.4, -0.2) is 31.3 Å². The Morgan fingerprint density at radius 3 is 2.85 bits per heavy atom. The molecule has 0 bridgehead atoms. The first-order valence-corrected chi connectivity index (χ1v) is 7.63. The molecule has 2 rings (SSSR count). The van der Waals surface area contributed by atoms with Gasteiger partial charge in [0.25, 0.3) is 0 Å². The van der Waals surface area contributed by atoms with E-state index in [9.17, 15) is 4.79 Å². The van der Waals surface area contributed by atoms with Crippen LogP contribution in [0.1, 0.15) is 19.8 Å². The summed E-state index contributed by atoms with van der Waals surface area (Å²) in [5, 5.41) is 3.79. The molecule has 1 aliphatic rings. The molecule has 0 aliphatic carbocycles. The minimum Gasteiger partial charge on any atom is -0.467 e. The molecule has 1 fully saturated rings. The second-order valence-electron chi connectivity index (χ2n) is 4.84. The van der Waals surface area contributed by atoms with Crippen LogP contribution in [0.5, 0.6) is 0 Å². The van der Waals surface area contributed by atoms with Crippen LogP contribution in [0.4, 0.5) is 5.69 Å². The van der Waals surface area contributed by atoms with Crippen LogP contribution in [0.15, 0.2) is 22.7 Å². The van der Waals surface area contributed by atoms with E-state index in [-0.39, 0.29) is 18.2 Å². The van der Waals surface area contributed by atoms with Crippen molar-refractivity contribution in [1.82, 2.24) is 0 Å². The number of nitrogens with one attached hydrogen (secondary N) is 1. The number of hydrogen-bond donors (Lipinski definition) is 1. The largest absolute Gasteiger partial charge is 0.467 e. The quantitative estimate of drug-likeness (QED) is 0.831. The number of carbonyl (C=O) groups is 1. The highest BCUT2D eigenvalue weighted by molar-refractivity contribution is 9.10. The Morgan fingerprint density at radius 1 is 1.55 bits per heavy atom. The SMILES string of the molecule is COC(=O)C(Nc1ccc(Cl)c(Br)c1)C1CCC(C)O1. The zero-order valence-corrected chi connectivity index (χ0v) is 13.7. The second kappa shape index (κ2) is 6.78. The fourth-order valence-corrected chi connectivity index (χ4v) is 2.77. The number of ether oxygens (including phenoxy) is 2. The number of hydrogen-bond acceptors (Lipinski definition) is 4. The third-order valence-electron chi connectivity index (χ3n) is 3.33. The Balaban J connectivity index is 2.15. The molecule has 1 saturated heterocycles. The van der Waals surface area contributed by atoms with Gasteiger partial charge in [0, 0.05) is 10.2 Å². The van der Waals surface area contributed by atoms with E-state index in [1.807, 2.05) is 19.1 Å². The molecule has 0 radical (unpaired) electrons. The van der Waals surface area contributed by atoms with Gasteiger partial charge in [0.2, 0.25) is 0 Å². The van der Waals surface area contributed by atoms with Gasteiger partial charge in [-0.3, -0.25) is 0 Å². The van der Waals surface area contributed by atoms with Crippen molar-refractivity contribution >= 4 is 39.2 Å². The van der Waals surface area contributed by atoms with Crippen LogP contribution in [0.2, 0.25) is 5.02 Å². The molecular formula is C14H17BrClNO3. The molecule has 1 aromatic carbocycles. The summed E-state index contributed by atoms with van der Waals surface area (Å²) in [6.45, 7) is 2.01. The highest BCUT2D eigenvalue weighted by atomic mass is 79.9. The average Bonchev–Trinajstić information content (AvgIpc) is 2.85. The van der Waals surface area contributed by atoms with Crippen LogP contribution in [0.3, 0.4) is 0 Å². The standard InChI is InChI=1S/C14H17BrClNO3/c1-8-3-6-12(20-8)13(14(18)19-2)17-9-4-5-11(16)10(15)7-9/h4-5,7-8,12-13,17H,3,6H2,1-2H3. The van der Waals surface area contributed by atoms with Crippen molar-refractivity contribution in [3.8, 4) is 0 Å². The Kier molecular flexibility index (Phi) is 5.29. The van der Waals surface area contributed by atoms with Gasteiger partial charge in [-0.25, -0.2) is 4.79 Å². The van der Waals surface area contributed by atoms with Gasteiger partial charge < -0.3 is 14.8 Å². The predicted octanol–water partition coefficient (Wildman–Crippen LogP) is 3.62. The van der Waals surface area contributed by atoms with Crippen LogP contribution in [0, 0.1) is 0 Å². The first-order valence-electron chi connectivity index (χ1n) is 6.46. The first-order chi connectivity index (χ1) is 9.51. The van der Waals surface area contributed by atoms with Crippen LogP contribution >= 0.6 is 27.5 Å². The second-order valence-corrected chi connectivity index (χ2v) is 6.10. The Bertz CT molecular complexity index is 497. The summed E-state index contributed by atoms with van der Waals surface area (Å²) in [7, 11) is 1.38. The Hall–Kier alpha value is -0.780. The zero-order valence-electron chi connectivity index (χ0n) is 11.4. The summed E-state index contributed by atoms with van der Waals surface area (Å²) in [6.07, 6.45) is 1.78. The topological polar surface area (TPSA) is 47.6 Å². The van der Waals surface area contributed by atoms with E-state index in [4.69, 9.17) is 21.1 Å². The minimum absolute atomic E-state index is 0.172. The number of methoxy groups -OCH3 is 1. The third kappa shape index (κ3) is 3.65. The molecule has 1 heterocycles. The fraction of sp³-hybridized carbons (Fsp3) is 0.500. The summed E-state index contributed by atoms with van der Waals surface area (Å²) in [5.74, 6) is -0.324. The van der Waals surface area contributed by atoms with Gasteiger partial charge >= 0.3 is 5.97 Å². The molecule has 4 nitrogen and oxygen atoms in total. The van der Waals surface area contributed by atoms with Crippen molar-refractivity contribution in [3.05, 3.63) is 27.7 Å². The van der Waals surface area contributed by atoms with Crippen molar-refractivity contribution in [3.63, 3.8) is 0 Å². The van der Waals surface area contributed by atoms with Crippen LogP contribution < -0.4 is 5.32 Å². The molecule has 1 N–H and O–H groups in total. The van der Waals surface area contributed by atoms with Crippen LogP contribution in [-0.2, 0) is 14.3 Å². The van der Waals surface area contributed by atoms with Gasteiger partial charge in [0.15, 0.2) is 6.04 Å². The molecule has 3 unspecified atom stereocenters. The number of anilines is 1. The maximum atomic E-state index is 12.0.